The minimum absolute atomic E-state index is 0.723. The van der Waals surface area contributed by atoms with Gasteiger partial charge >= 0.3 is 0 Å². The van der Waals surface area contributed by atoms with Crippen molar-refractivity contribution in [2.75, 3.05) is 0 Å². The van der Waals surface area contributed by atoms with Crippen LogP contribution in [-0.4, -0.2) is 14.5 Å². The largest absolute Gasteiger partial charge is 0.294 e. The summed E-state index contributed by atoms with van der Waals surface area (Å²) in [5, 5.41) is 1.66. The Hall–Kier alpha value is -2.56. The highest BCUT2D eigenvalue weighted by Crippen LogP contribution is 2.30. The summed E-state index contributed by atoms with van der Waals surface area (Å²) in [4.78, 5) is 9.54. The standard InChI is InChI=1S/C24H22ClN3S/c1-16-4-6-19(7-5-16)22-14-28(21-10-8-20(25)9-11-21)24(27-22)29-15-23-18(3)12-17(2)13-26-23/h4-14H,15H2,1-3H3. The number of aromatic nitrogens is 3. The molecule has 0 spiro atoms. The molecule has 2 aromatic carbocycles. The van der Waals surface area contributed by atoms with Crippen molar-refractivity contribution in [3.05, 3.63) is 94.4 Å². The van der Waals surface area contributed by atoms with Crippen LogP contribution in [0, 0.1) is 20.8 Å². The van der Waals surface area contributed by atoms with Gasteiger partial charge in [-0.15, -0.1) is 0 Å². The minimum atomic E-state index is 0.723. The maximum Gasteiger partial charge on any atom is 0.173 e. The molecule has 0 saturated heterocycles. The van der Waals surface area contributed by atoms with Crippen molar-refractivity contribution in [2.24, 2.45) is 0 Å². The quantitative estimate of drug-likeness (QED) is 0.333. The number of rotatable bonds is 5. The van der Waals surface area contributed by atoms with Gasteiger partial charge in [-0.25, -0.2) is 4.98 Å². The number of aryl methyl sites for hydroxylation is 3. The average Bonchev–Trinajstić information content (AvgIpc) is 3.12. The van der Waals surface area contributed by atoms with E-state index in [2.05, 4.69) is 66.9 Å². The molecule has 0 radical (unpaired) electrons. The minimum Gasteiger partial charge on any atom is -0.294 e. The third-order valence-corrected chi connectivity index (χ3v) is 6.00. The number of nitrogens with zero attached hydrogens (tertiary/aromatic N) is 3. The van der Waals surface area contributed by atoms with E-state index in [4.69, 9.17) is 16.6 Å². The fourth-order valence-electron chi connectivity index (χ4n) is 3.14. The summed E-state index contributed by atoms with van der Waals surface area (Å²) >= 11 is 7.78. The average molecular weight is 420 g/mol. The fraction of sp³-hybridized carbons (Fsp3) is 0.167. The van der Waals surface area contributed by atoms with Crippen LogP contribution in [0.2, 0.25) is 5.02 Å². The smallest absolute Gasteiger partial charge is 0.173 e. The Morgan fingerprint density at radius 2 is 1.66 bits per heavy atom. The van der Waals surface area contributed by atoms with E-state index in [0.29, 0.717) is 0 Å². The van der Waals surface area contributed by atoms with Crippen molar-refractivity contribution in [1.82, 2.24) is 14.5 Å². The lowest BCUT2D eigenvalue weighted by Crippen LogP contribution is -1.97. The molecule has 5 heteroatoms. The molecule has 0 N–H and O–H groups in total. The van der Waals surface area contributed by atoms with Crippen LogP contribution in [0.4, 0.5) is 0 Å². The second-order valence-electron chi connectivity index (χ2n) is 7.19. The molecule has 0 aliphatic rings. The summed E-state index contributed by atoms with van der Waals surface area (Å²) in [7, 11) is 0. The van der Waals surface area contributed by atoms with Crippen molar-refractivity contribution in [2.45, 2.75) is 31.7 Å². The summed E-state index contributed by atoms with van der Waals surface area (Å²) < 4.78 is 2.12. The summed E-state index contributed by atoms with van der Waals surface area (Å²) in [6, 6.07) is 18.5. The van der Waals surface area contributed by atoms with E-state index >= 15 is 0 Å². The number of benzene rings is 2. The topological polar surface area (TPSA) is 30.7 Å². The Kier molecular flexibility index (Phi) is 5.74. The zero-order chi connectivity index (χ0) is 20.4. The van der Waals surface area contributed by atoms with Crippen molar-refractivity contribution in [1.29, 1.82) is 0 Å². The van der Waals surface area contributed by atoms with E-state index in [1.165, 1.54) is 16.7 Å². The van der Waals surface area contributed by atoms with E-state index in [1.807, 2.05) is 30.5 Å². The normalized spacial score (nSPS) is 11.0. The lowest BCUT2D eigenvalue weighted by Gasteiger charge is -2.08. The van der Waals surface area contributed by atoms with Crippen molar-refractivity contribution >= 4 is 23.4 Å². The number of imidazole rings is 1. The van der Waals surface area contributed by atoms with Gasteiger partial charge in [0.15, 0.2) is 5.16 Å². The van der Waals surface area contributed by atoms with Crippen LogP contribution in [0.1, 0.15) is 22.4 Å². The molecule has 0 aliphatic carbocycles. The van der Waals surface area contributed by atoms with Gasteiger partial charge in [0.05, 0.1) is 11.4 Å². The van der Waals surface area contributed by atoms with E-state index in [0.717, 1.165) is 38.6 Å². The Balaban J connectivity index is 1.70. The fourth-order valence-corrected chi connectivity index (χ4v) is 4.30. The highest BCUT2D eigenvalue weighted by molar-refractivity contribution is 7.98. The Bertz CT molecular complexity index is 1130. The first-order chi connectivity index (χ1) is 14.0. The van der Waals surface area contributed by atoms with E-state index in [1.54, 1.807) is 11.8 Å². The molecule has 29 heavy (non-hydrogen) atoms. The molecule has 4 aromatic rings. The molecule has 0 amide bonds. The predicted molar refractivity (Wildman–Crippen MR) is 122 cm³/mol. The highest BCUT2D eigenvalue weighted by atomic mass is 35.5. The van der Waals surface area contributed by atoms with Crippen LogP contribution in [0.5, 0.6) is 0 Å². The number of pyridine rings is 1. The third kappa shape index (κ3) is 4.55. The van der Waals surface area contributed by atoms with Gasteiger partial charge in [-0.1, -0.05) is 59.3 Å². The SMILES string of the molecule is Cc1ccc(-c2cn(-c3ccc(Cl)cc3)c(SCc3ncc(C)cc3C)n2)cc1. The molecule has 2 heterocycles. The van der Waals surface area contributed by atoms with Crippen LogP contribution in [0.15, 0.2) is 72.1 Å². The molecule has 0 atom stereocenters. The van der Waals surface area contributed by atoms with Crippen molar-refractivity contribution in [3.8, 4) is 16.9 Å². The van der Waals surface area contributed by atoms with Gasteiger partial charge in [0.25, 0.3) is 0 Å². The predicted octanol–water partition coefficient (Wildman–Crippen LogP) is 6.81. The summed E-state index contributed by atoms with van der Waals surface area (Å²) in [5.74, 6) is 0.768. The first-order valence-electron chi connectivity index (χ1n) is 9.47. The Morgan fingerprint density at radius 3 is 2.34 bits per heavy atom. The molecule has 2 aromatic heterocycles. The van der Waals surface area contributed by atoms with Gasteiger partial charge in [0.2, 0.25) is 0 Å². The third-order valence-electron chi connectivity index (χ3n) is 4.79. The first kappa shape index (κ1) is 19.7. The lowest BCUT2D eigenvalue weighted by molar-refractivity contribution is 0.894. The summed E-state index contributed by atoms with van der Waals surface area (Å²) in [6.07, 6.45) is 4.01. The van der Waals surface area contributed by atoms with Crippen LogP contribution in [0.25, 0.3) is 16.9 Å². The number of hydrogen-bond acceptors (Lipinski definition) is 3. The Labute approximate surface area is 180 Å². The van der Waals surface area contributed by atoms with Crippen LogP contribution in [-0.2, 0) is 5.75 Å². The zero-order valence-electron chi connectivity index (χ0n) is 16.7. The zero-order valence-corrected chi connectivity index (χ0v) is 18.3. The first-order valence-corrected chi connectivity index (χ1v) is 10.8. The Morgan fingerprint density at radius 1 is 0.931 bits per heavy atom. The summed E-state index contributed by atoms with van der Waals surface area (Å²) in [5.41, 5.74) is 7.81. The van der Waals surface area contributed by atoms with E-state index in [-0.39, 0.29) is 0 Å². The second kappa shape index (κ2) is 8.44. The van der Waals surface area contributed by atoms with Crippen LogP contribution < -0.4 is 0 Å². The molecule has 3 nitrogen and oxygen atoms in total. The summed E-state index contributed by atoms with van der Waals surface area (Å²) in [6.45, 7) is 6.27. The molecule has 0 fully saturated rings. The van der Waals surface area contributed by atoms with Gasteiger partial charge in [-0.2, -0.15) is 0 Å². The number of thioether (sulfide) groups is 1. The molecule has 4 rings (SSSR count). The molecular weight excluding hydrogens is 398 g/mol. The van der Waals surface area contributed by atoms with Crippen molar-refractivity contribution in [3.63, 3.8) is 0 Å². The molecule has 0 saturated carbocycles. The number of halogens is 1. The molecule has 146 valence electrons. The molecular formula is C24H22ClN3S. The molecule has 0 bridgehead atoms. The molecule has 0 aliphatic heterocycles. The lowest BCUT2D eigenvalue weighted by atomic mass is 10.1. The maximum absolute atomic E-state index is 6.09. The van der Waals surface area contributed by atoms with Crippen LogP contribution >= 0.6 is 23.4 Å². The highest BCUT2D eigenvalue weighted by Gasteiger charge is 2.13. The number of hydrogen-bond donors (Lipinski definition) is 0. The monoisotopic (exact) mass is 419 g/mol. The van der Waals surface area contributed by atoms with E-state index in [9.17, 15) is 0 Å². The maximum atomic E-state index is 6.09. The van der Waals surface area contributed by atoms with Gasteiger partial charge in [-0.3, -0.25) is 9.55 Å². The van der Waals surface area contributed by atoms with Gasteiger partial charge in [-0.05, 0) is 56.2 Å². The van der Waals surface area contributed by atoms with Crippen LogP contribution in [0.3, 0.4) is 0 Å². The van der Waals surface area contributed by atoms with Gasteiger partial charge < -0.3 is 0 Å². The van der Waals surface area contributed by atoms with E-state index < -0.39 is 0 Å². The van der Waals surface area contributed by atoms with Gasteiger partial charge in [0, 0.05) is 34.4 Å². The molecule has 0 unspecified atom stereocenters. The second-order valence-corrected chi connectivity index (χ2v) is 8.57. The van der Waals surface area contributed by atoms with Crippen molar-refractivity contribution < 1.29 is 0 Å². The van der Waals surface area contributed by atoms with Gasteiger partial charge in [0.1, 0.15) is 0 Å².